The molecule has 1 amide bonds. The third-order valence-corrected chi connectivity index (χ3v) is 5.82. The van der Waals surface area contributed by atoms with E-state index in [-0.39, 0.29) is 11.9 Å². The molecule has 6 heteroatoms. The number of carbonyl (C=O) groups is 1. The molecule has 1 saturated carbocycles. The number of amides is 1. The smallest absolute Gasteiger partial charge is 0.262 e. The van der Waals surface area contributed by atoms with Crippen molar-refractivity contribution in [1.29, 1.82) is 0 Å². The minimum atomic E-state index is -0.260. The molecule has 2 aliphatic carbocycles. The predicted molar refractivity (Wildman–Crippen MR) is 87.7 cm³/mol. The average molecular weight is 331 g/mol. The third kappa shape index (κ3) is 3.17. The molecule has 0 spiro atoms. The monoisotopic (exact) mass is 331 g/mol. The quantitative estimate of drug-likeness (QED) is 0.866. The molecule has 2 aromatic rings. The predicted octanol–water partition coefficient (Wildman–Crippen LogP) is 3.77. The topological polar surface area (TPSA) is 68.0 Å². The van der Waals surface area contributed by atoms with Gasteiger partial charge in [0.05, 0.1) is 4.88 Å². The molecule has 0 saturated heterocycles. The van der Waals surface area contributed by atoms with Gasteiger partial charge in [-0.05, 0) is 57.1 Å². The first-order valence-corrected chi connectivity index (χ1v) is 9.28. The Labute approximate surface area is 139 Å². The summed E-state index contributed by atoms with van der Waals surface area (Å²) in [6, 6.07) is 1.81. The Morgan fingerprint density at radius 1 is 1.35 bits per heavy atom. The number of hydrogen-bond acceptors (Lipinski definition) is 5. The summed E-state index contributed by atoms with van der Waals surface area (Å²) in [5.74, 6) is 1.70. The zero-order valence-electron chi connectivity index (χ0n) is 13.3. The van der Waals surface area contributed by atoms with E-state index in [1.165, 1.54) is 29.7 Å². The number of aromatic nitrogens is 2. The van der Waals surface area contributed by atoms with Gasteiger partial charge in [0.25, 0.3) is 5.91 Å². The van der Waals surface area contributed by atoms with Crippen LogP contribution in [0.25, 0.3) is 0 Å². The van der Waals surface area contributed by atoms with Gasteiger partial charge in [-0.1, -0.05) is 11.6 Å². The van der Waals surface area contributed by atoms with Gasteiger partial charge in [-0.3, -0.25) is 4.79 Å². The molecule has 0 radical (unpaired) electrons. The third-order valence-electron chi connectivity index (χ3n) is 4.59. The highest BCUT2D eigenvalue weighted by Crippen LogP contribution is 2.38. The maximum absolute atomic E-state index is 12.5. The highest BCUT2D eigenvalue weighted by molar-refractivity contribution is 7.14. The number of hydrogen-bond donors (Lipinski definition) is 1. The molecule has 2 heterocycles. The molecule has 2 aromatic heterocycles. The van der Waals surface area contributed by atoms with Crippen LogP contribution >= 0.6 is 11.3 Å². The van der Waals surface area contributed by atoms with Gasteiger partial charge in [0.2, 0.25) is 5.89 Å². The van der Waals surface area contributed by atoms with Crippen molar-refractivity contribution < 1.29 is 9.32 Å². The van der Waals surface area contributed by atoms with Crippen molar-refractivity contribution in [3.63, 3.8) is 0 Å². The van der Waals surface area contributed by atoms with Crippen molar-refractivity contribution >= 4 is 17.2 Å². The lowest BCUT2D eigenvalue weighted by Crippen LogP contribution is -2.26. The number of fused-ring (bicyclic) bond motifs is 1. The normalized spacial score (nSPS) is 19.0. The van der Waals surface area contributed by atoms with E-state index < -0.39 is 0 Å². The summed E-state index contributed by atoms with van der Waals surface area (Å²) < 4.78 is 5.29. The number of thiophene rings is 1. The van der Waals surface area contributed by atoms with Crippen LogP contribution in [0.4, 0.5) is 0 Å². The van der Waals surface area contributed by atoms with E-state index in [0.29, 0.717) is 11.8 Å². The molecule has 0 unspecified atom stereocenters. The van der Waals surface area contributed by atoms with Gasteiger partial charge >= 0.3 is 0 Å². The summed E-state index contributed by atoms with van der Waals surface area (Å²) in [7, 11) is 0. The molecule has 0 bridgehead atoms. The Bertz CT molecular complexity index is 694. The molecule has 23 heavy (non-hydrogen) atoms. The summed E-state index contributed by atoms with van der Waals surface area (Å²) in [4.78, 5) is 19.1. The van der Waals surface area contributed by atoms with E-state index in [1.54, 1.807) is 11.3 Å². The molecular weight excluding hydrogens is 310 g/mol. The number of carbonyl (C=O) groups excluding carboxylic acids is 1. The van der Waals surface area contributed by atoms with Gasteiger partial charge in [0.1, 0.15) is 6.04 Å². The Balaban J connectivity index is 1.44. The summed E-state index contributed by atoms with van der Waals surface area (Å²) in [6.45, 7) is 1.89. The average Bonchev–Trinajstić information content (AvgIpc) is 3.20. The van der Waals surface area contributed by atoms with Crippen LogP contribution in [0.15, 0.2) is 10.6 Å². The van der Waals surface area contributed by atoms with Crippen molar-refractivity contribution in [2.75, 3.05) is 0 Å². The fourth-order valence-corrected chi connectivity index (χ4v) is 4.20. The van der Waals surface area contributed by atoms with Crippen molar-refractivity contribution in [3.05, 3.63) is 33.1 Å². The fraction of sp³-hybridized carbons (Fsp3) is 0.588. The molecule has 0 aromatic carbocycles. The highest BCUT2D eigenvalue weighted by Gasteiger charge is 2.30. The first-order valence-electron chi connectivity index (χ1n) is 8.46. The Morgan fingerprint density at radius 2 is 2.17 bits per heavy atom. The van der Waals surface area contributed by atoms with Gasteiger partial charge in [-0.25, -0.2) is 0 Å². The molecule has 1 fully saturated rings. The fourth-order valence-electron chi connectivity index (χ4n) is 3.04. The summed E-state index contributed by atoms with van der Waals surface area (Å²) in [5, 5.41) is 6.99. The van der Waals surface area contributed by atoms with Crippen molar-refractivity contribution in [3.8, 4) is 0 Å². The van der Waals surface area contributed by atoms with Crippen LogP contribution in [-0.4, -0.2) is 16.0 Å². The lowest BCUT2D eigenvalue weighted by Gasteiger charge is -2.08. The van der Waals surface area contributed by atoms with Crippen LogP contribution in [-0.2, 0) is 12.8 Å². The van der Waals surface area contributed by atoms with E-state index in [9.17, 15) is 4.79 Å². The SMILES string of the molecule is C[C@@H](NC(=O)c1cc2c(s1)CCCCC2)c1nc(C2CC2)no1. The molecular formula is C17H21N3O2S. The number of nitrogens with zero attached hydrogens (tertiary/aromatic N) is 2. The van der Waals surface area contributed by atoms with Gasteiger partial charge < -0.3 is 9.84 Å². The Kier molecular flexibility index (Phi) is 3.93. The Hall–Kier alpha value is -1.69. The lowest BCUT2D eigenvalue weighted by atomic mass is 10.1. The van der Waals surface area contributed by atoms with Crippen LogP contribution < -0.4 is 5.32 Å². The van der Waals surface area contributed by atoms with Gasteiger partial charge in [-0.15, -0.1) is 11.3 Å². The first kappa shape index (κ1) is 14.9. The van der Waals surface area contributed by atoms with Gasteiger partial charge in [0.15, 0.2) is 5.82 Å². The van der Waals surface area contributed by atoms with Gasteiger partial charge in [0, 0.05) is 10.8 Å². The lowest BCUT2D eigenvalue weighted by molar-refractivity contribution is 0.0936. The molecule has 5 nitrogen and oxygen atoms in total. The highest BCUT2D eigenvalue weighted by atomic mass is 32.1. The van der Waals surface area contributed by atoms with Crippen LogP contribution in [0.2, 0.25) is 0 Å². The van der Waals surface area contributed by atoms with E-state index in [2.05, 4.69) is 21.5 Å². The second kappa shape index (κ2) is 6.07. The number of rotatable bonds is 4. The van der Waals surface area contributed by atoms with Crippen LogP contribution in [0.5, 0.6) is 0 Å². The Morgan fingerprint density at radius 3 is 3.00 bits per heavy atom. The molecule has 2 aliphatic rings. The zero-order valence-corrected chi connectivity index (χ0v) is 14.1. The number of nitrogens with one attached hydrogen (secondary N) is 1. The second-order valence-corrected chi connectivity index (χ2v) is 7.72. The van der Waals surface area contributed by atoms with Crippen molar-refractivity contribution in [2.45, 2.75) is 63.8 Å². The minimum Gasteiger partial charge on any atom is -0.340 e. The standard InChI is InChI=1S/C17H21N3O2S/c1-10(17-19-15(20-22-17)11-7-8-11)18-16(21)14-9-12-5-3-2-4-6-13(12)23-14/h9-11H,2-8H2,1H3,(H,18,21)/t10-/m1/s1. The van der Waals surface area contributed by atoms with Crippen LogP contribution in [0.1, 0.15) is 82.8 Å². The maximum Gasteiger partial charge on any atom is 0.262 e. The van der Waals surface area contributed by atoms with Crippen molar-refractivity contribution in [1.82, 2.24) is 15.5 Å². The van der Waals surface area contributed by atoms with Crippen LogP contribution in [0.3, 0.4) is 0 Å². The van der Waals surface area contributed by atoms with Crippen LogP contribution in [0, 0.1) is 0 Å². The minimum absolute atomic E-state index is 0.0401. The molecule has 0 aliphatic heterocycles. The van der Waals surface area contributed by atoms with E-state index in [1.807, 2.05) is 6.92 Å². The van der Waals surface area contributed by atoms with E-state index in [4.69, 9.17) is 4.52 Å². The van der Waals surface area contributed by atoms with E-state index in [0.717, 1.165) is 36.4 Å². The second-order valence-electron chi connectivity index (χ2n) is 6.58. The summed E-state index contributed by atoms with van der Waals surface area (Å²) in [5.41, 5.74) is 1.36. The summed E-state index contributed by atoms with van der Waals surface area (Å²) in [6.07, 6.45) is 8.24. The molecule has 1 N–H and O–H groups in total. The largest absolute Gasteiger partial charge is 0.340 e. The molecule has 4 rings (SSSR count). The van der Waals surface area contributed by atoms with Crippen molar-refractivity contribution in [2.24, 2.45) is 0 Å². The molecule has 1 atom stereocenters. The van der Waals surface area contributed by atoms with Gasteiger partial charge in [-0.2, -0.15) is 4.98 Å². The number of aryl methyl sites for hydroxylation is 2. The summed E-state index contributed by atoms with van der Waals surface area (Å²) >= 11 is 1.64. The zero-order chi connectivity index (χ0) is 15.8. The maximum atomic E-state index is 12.5. The first-order chi connectivity index (χ1) is 11.2. The molecule has 122 valence electrons. The van der Waals surface area contributed by atoms with E-state index >= 15 is 0 Å².